The van der Waals surface area contributed by atoms with Crippen molar-refractivity contribution in [3.05, 3.63) is 57.8 Å². The van der Waals surface area contributed by atoms with Crippen LogP contribution in [-0.4, -0.2) is 33.9 Å². The normalized spacial score (nSPS) is 11.8. The number of hydrogen-bond donors (Lipinski definition) is 3. The number of amides is 2. The molecule has 1 aromatic heterocycles. The summed E-state index contributed by atoms with van der Waals surface area (Å²) in [7, 11) is 0. The molecule has 0 saturated heterocycles. The van der Waals surface area contributed by atoms with E-state index in [2.05, 4.69) is 15.6 Å². The molecule has 0 radical (unpaired) electrons. The summed E-state index contributed by atoms with van der Waals surface area (Å²) in [5.74, 6) is -2.25. The summed E-state index contributed by atoms with van der Waals surface area (Å²) in [6.07, 6.45) is 2.76. The van der Waals surface area contributed by atoms with Crippen molar-refractivity contribution in [3.63, 3.8) is 0 Å². The highest BCUT2D eigenvalue weighted by Crippen LogP contribution is 2.24. The lowest BCUT2D eigenvalue weighted by Crippen LogP contribution is -2.44. The molecule has 0 aliphatic carbocycles. The summed E-state index contributed by atoms with van der Waals surface area (Å²) in [6.45, 7) is 3.38. The number of carboxylic acid groups (broad SMARTS) is 1. The number of nitrogens with one attached hydrogen (secondary N) is 2. The van der Waals surface area contributed by atoms with Gasteiger partial charge in [0.1, 0.15) is 6.04 Å². The van der Waals surface area contributed by atoms with Crippen LogP contribution in [0.5, 0.6) is 0 Å². The first kappa shape index (κ1) is 21.7. The molecule has 2 amide bonds. The molecule has 148 valence electrons. The highest BCUT2D eigenvalue weighted by Gasteiger charge is 2.22. The van der Waals surface area contributed by atoms with Crippen molar-refractivity contribution in [1.82, 2.24) is 10.3 Å². The molecule has 2 rings (SSSR count). The van der Waals surface area contributed by atoms with Crippen LogP contribution in [0.1, 0.15) is 29.8 Å². The van der Waals surface area contributed by atoms with Crippen molar-refractivity contribution in [1.29, 1.82) is 0 Å². The maximum atomic E-state index is 12.4. The summed E-state index contributed by atoms with van der Waals surface area (Å²) >= 11 is 11.9. The molecule has 0 bridgehead atoms. The average molecular weight is 424 g/mol. The molecular formula is C19H19Cl2N3O4. The molecule has 9 heteroatoms. The predicted octanol–water partition coefficient (Wildman–Crippen LogP) is 3.41. The fourth-order valence-electron chi connectivity index (χ4n) is 2.32. The van der Waals surface area contributed by atoms with Crippen LogP contribution in [0.3, 0.4) is 0 Å². The summed E-state index contributed by atoms with van der Waals surface area (Å²) in [5, 5.41) is 14.7. The summed E-state index contributed by atoms with van der Waals surface area (Å²) < 4.78 is 0. The van der Waals surface area contributed by atoms with Gasteiger partial charge in [0.2, 0.25) is 5.91 Å². The van der Waals surface area contributed by atoms with E-state index < -0.39 is 17.9 Å². The van der Waals surface area contributed by atoms with Crippen LogP contribution < -0.4 is 10.6 Å². The zero-order chi connectivity index (χ0) is 20.8. The maximum Gasteiger partial charge on any atom is 0.326 e. The number of hydrogen-bond acceptors (Lipinski definition) is 4. The van der Waals surface area contributed by atoms with E-state index in [4.69, 9.17) is 23.2 Å². The molecule has 0 saturated carbocycles. The number of pyridine rings is 1. The van der Waals surface area contributed by atoms with Crippen molar-refractivity contribution in [3.8, 4) is 0 Å². The van der Waals surface area contributed by atoms with Crippen LogP contribution in [0, 0.1) is 5.92 Å². The van der Waals surface area contributed by atoms with Crippen LogP contribution in [0.15, 0.2) is 36.7 Å². The van der Waals surface area contributed by atoms with E-state index in [-0.39, 0.29) is 33.9 Å². The van der Waals surface area contributed by atoms with Gasteiger partial charge in [0.25, 0.3) is 5.91 Å². The van der Waals surface area contributed by atoms with Gasteiger partial charge in [-0.25, -0.2) is 4.79 Å². The zero-order valence-corrected chi connectivity index (χ0v) is 16.7. The second kappa shape index (κ2) is 9.52. The van der Waals surface area contributed by atoms with Gasteiger partial charge in [-0.05, 0) is 17.7 Å². The van der Waals surface area contributed by atoms with Crippen LogP contribution in [0.4, 0.5) is 5.69 Å². The standard InChI is InChI=1S/C19H19Cl2N3O4/c1-10(2)17(25)24-15(19(27)28)7-11-3-5-12(6-4-11)23-18(26)16-13(20)8-22-9-14(16)21/h3-6,8-10,15H,7H2,1-2H3,(H,23,26)(H,24,25)(H,27,28). The number of aliphatic carboxylic acids is 1. The zero-order valence-electron chi connectivity index (χ0n) is 15.2. The molecule has 1 aromatic carbocycles. The van der Waals surface area contributed by atoms with Crippen LogP contribution in [-0.2, 0) is 16.0 Å². The lowest BCUT2D eigenvalue weighted by molar-refractivity contribution is -0.142. The Morgan fingerprint density at radius 2 is 1.64 bits per heavy atom. The highest BCUT2D eigenvalue weighted by atomic mass is 35.5. The lowest BCUT2D eigenvalue weighted by Gasteiger charge is -2.16. The number of aromatic nitrogens is 1. The minimum Gasteiger partial charge on any atom is -0.480 e. The Bertz CT molecular complexity index is 865. The fraction of sp³-hybridized carbons (Fsp3) is 0.263. The highest BCUT2D eigenvalue weighted by molar-refractivity contribution is 6.40. The molecular weight excluding hydrogens is 405 g/mol. The second-order valence-electron chi connectivity index (χ2n) is 6.39. The third-order valence-electron chi connectivity index (χ3n) is 3.87. The van der Waals surface area contributed by atoms with Gasteiger partial charge >= 0.3 is 5.97 Å². The Morgan fingerprint density at radius 1 is 1.07 bits per heavy atom. The largest absolute Gasteiger partial charge is 0.480 e. The first-order valence-electron chi connectivity index (χ1n) is 8.41. The minimum absolute atomic E-state index is 0.115. The number of anilines is 1. The molecule has 0 aliphatic heterocycles. The van der Waals surface area contributed by atoms with Crippen molar-refractivity contribution in [2.24, 2.45) is 5.92 Å². The number of carboxylic acids is 1. The average Bonchev–Trinajstić information content (AvgIpc) is 2.62. The molecule has 0 aliphatic rings. The molecule has 1 atom stereocenters. The van der Waals surface area contributed by atoms with Crippen molar-refractivity contribution in [2.75, 3.05) is 5.32 Å². The Labute approximate surface area is 172 Å². The SMILES string of the molecule is CC(C)C(=O)NC(Cc1ccc(NC(=O)c2c(Cl)cncc2Cl)cc1)C(=O)O. The quantitative estimate of drug-likeness (QED) is 0.631. The molecule has 28 heavy (non-hydrogen) atoms. The Balaban J connectivity index is 2.07. The van der Waals surface area contributed by atoms with E-state index in [0.717, 1.165) is 0 Å². The molecule has 3 N–H and O–H groups in total. The number of rotatable bonds is 7. The lowest BCUT2D eigenvalue weighted by atomic mass is 10.0. The minimum atomic E-state index is -1.12. The Kier molecular flexibility index (Phi) is 7.37. The summed E-state index contributed by atoms with van der Waals surface area (Å²) in [4.78, 5) is 39.3. The second-order valence-corrected chi connectivity index (χ2v) is 7.20. The van der Waals surface area contributed by atoms with Crippen LogP contribution in [0.2, 0.25) is 10.0 Å². The Morgan fingerprint density at radius 3 is 2.14 bits per heavy atom. The first-order valence-corrected chi connectivity index (χ1v) is 9.17. The molecule has 1 unspecified atom stereocenters. The topological polar surface area (TPSA) is 108 Å². The third kappa shape index (κ3) is 5.68. The van der Waals surface area contributed by atoms with Gasteiger partial charge in [0.15, 0.2) is 0 Å². The summed E-state index contributed by atoms with van der Waals surface area (Å²) in [6, 6.07) is 5.55. The maximum absolute atomic E-state index is 12.4. The van der Waals surface area contributed by atoms with Gasteiger partial charge < -0.3 is 15.7 Å². The first-order chi connectivity index (χ1) is 13.2. The number of benzene rings is 1. The third-order valence-corrected chi connectivity index (χ3v) is 4.44. The van der Waals surface area contributed by atoms with Gasteiger partial charge in [0, 0.05) is 30.4 Å². The molecule has 0 fully saturated rings. The molecule has 0 spiro atoms. The van der Waals surface area contributed by atoms with E-state index in [1.54, 1.807) is 38.1 Å². The van der Waals surface area contributed by atoms with Gasteiger partial charge in [0.05, 0.1) is 15.6 Å². The number of nitrogens with zero attached hydrogens (tertiary/aromatic N) is 1. The van der Waals surface area contributed by atoms with E-state index in [1.807, 2.05) is 0 Å². The number of halogens is 2. The van der Waals surface area contributed by atoms with Crippen molar-refractivity contribution < 1.29 is 19.5 Å². The molecule has 2 aromatic rings. The van der Waals surface area contributed by atoms with Gasteiger partial charge in [-0.15, -0.1) is 0 Å². The van der Waals surface area contributed by atoms with Gasteiger partial charge in [-0.1, -0.05) is 49.2 Å². The van der Waals surface area contributed by atoms with Crippen LogP contribution in [0.25, 0.3) is 0 Å². The van der Waals surface area contributed by atoms with E-state index in [0.29, 0.717) is 11.3 Å². The van der Waals surface area contributed by atoms with Gasteiger partial charge in [-0.3, -0.25) is 14.6 Å². The predicted molar refractivity (Wildman–Crippen MR) is 107 cm³/mol. The molecule has 7 nitrogen and oxygen atoms in total. The molecule has 1 heterocycles. The Hall–Kier alpha value is -2.64. The van der Waals surface area contributed by atoms with Gasteiger partial charge in [-0.2, -0.15) is 0 Å². The van der Waals surface area contributed by atoms with E-state index in [9.17, 15) is 19.5 Å². The summed E-state index contributed by atoms with van der Waals surface area (Å²) in [5.41, 5.74) is 1.29. The van der Waals surface area contributed by atoms with E-state index >= 15 is 0 Å². The number of carbonyl (C=O) groups is 3. The van der Waals surface area contributed by atoms with E-state index in [1.165, 1.54) is 12.4 Å². The van der Waals surface area contributed by atoms with Crippen molar-refractivity contribution >= 4 is 46.7 Å². The van der Waals surface area contributed by atoms with Crippen LogP contribution >= 0.6 is 23.2 Å². The monoisotopic (exact) mass is 423 g/mol. The number of carbonyl (C=O) groups excluding carboxylic acids is 2. The van der Waals surface area contributed by atoms with Crippen molar-refractivity contribution in [2.45, 2.75) is 26.3 Å². The fourth-order valence-corrected chi connectivity index (χ4v) is 2.86. The smallest absolute Gasteiger partial charge is 0.326 e.